The van der Waals surface area contributed by atoms with Crippen LogP contribution in [0.1, 0.15) is 50.0 Å². The molecular formula is C14H25N3O2S. The summed E-state index contributed by atoms with van der Waals surface area (Å²) in [6.45, 7) is 8.39. The largest absolute Gasteiger partial charge is 0.393 e. The molecule has 0 aliphatic heterocycles. The molecule has 3 N–H and O–H groups in total. The molecule has 1 aromatic rings. The van der Waals surface area contributed by atoms with Crippen molar-refractivity contribution in [3.05, 3.63) is 16.1 Å². The number of hydrogen-bond donors (Lipinski definition) is 3. The summed E-state index contributed by atoms with van der Waals surface area (Å²) in [6.07, 6.45) is 3.01. The summed E-state index contributed by atoms with van der Waals surface area (Å²) in [7, 11) is 0. The molecule has 1 aromatic heterocycles. The highest BCUT2D eigenvalue weighted by Crippen LogP contribution is 2.19. The van der Waals surface area contributed by atoms with Gasteiger partial charge in [-0.1, -0.05) is 20.8 Å². The fraction of sp³-hybridized carbons (Fsp3) is 0.714. The van der Waals surface area contributed by atoms with Crippen LogP contribution in [0.3, 0.4) is 0 Å². The van der Waals surface area contributed by atoms with Crippen molar-refractivity contribution in [2.45, 2.75) is 52.7 Å². The number of hydrogen-bond acceptors (Lipinski definition) is 4. The standard InChI is InChI=1S/C14H25N3O2S/c1-5-11-8-16-13(20-11)10(4)17-14(19)15-7-6-12(18)9(2)3/h8-10,12,18H,5-7H2,1-4H3,(H2,15,17,19). The summed E-state index contributed by atoms with van der Waals surface area (Å²) in [6, 6.07) is -0.322. The molecule has 2 unspecified atom stereocenters. The van der Waals surface area contributed by atoms with E-state index in [-0.39, 0.29) is 24.1 Å². The van der Waals surface area contributed by atoms with Crippen molar-refractivity contribution in [1.82, 2.24) is 15.6 Å². The average molecular weight is 299 g/mol. The van der Waals surface area contributed by atoms with Gasteiger partial charge in [0.2, 0.25) is 0 Å². The zero-order valence-electron chi connectivity index (χ0n) is 12.6. The van der Waals surface area contributed by atoms with E-state index in [9.17, 15) is 9.90 Å². The Labute approximate surface area is 124 Å². The second kappa shape index (κ2) is 8.21. The number of urea groups is 1. The first-order chi connectivity index (χ1) is 9.43. The molecule has 0 aliphatic carbocycles. The van der Waals surface area contributed by atoms with Crippen LogP contribution in [0.4, 0.5) is 4.79 Å². The molecule has 0 saturated heterocycles. The molecule has 0 saturated carbocycles. The van der Waals surface area contributed by atoms with Crippen molar-refractivity contribution < 1.29 is 9.90 Å². The van der Waals surface area contributed by atoms with E-state index in [1.807, 2.05) is 27.0 Å². The van der Waals surface area contributed by atoms with Gasteiger partial charge in [0.1, 0.15) is 5.01 Å². The summed E-state index contributed by atoms with van der Waals surface area (Å²) in [4.78, 5) is 17.3. The molecule has 1 heterocycles. The lowest BCUT2D eigenvalue weighted by molar-refractivity contribution is 0.116. The van der Waals surface area contributed by atoms with Gasteiger partial charge in [0.25, 0.3) is 0 Å². The third-order valence-electron chi connectivity index (χ3n) is 3.13. The molecular weight excluding hydrogens is 274 g/mol. The maximum atomic E-state index is 11.7. The van der Waals surface area contributed by atoms with E-state index >= 15 is 0 Å². The van der Waals surface area contributed by atoms with E-state index in [1.54, 1.807) is 11.3 Å². The molecule has 20 heavy (non-hydrogen) atoms. The lowest BCUT2D eigenvalue weighted by Gasteiger charge is -2.16. The Morgan fingerprint density at radius 3 is 2.70 bits per heavy atom. The van der Waals surface area contributed by atoms with Crippen LogP contribution in [0.2, 0.25) is 0 Å². The first-order valence-corrected chi connectivity index (χ1v) is 7.92. The van der Waals surface area contributed by atoms with Crippen LogP contribution in [0.15, 0.2) is 6.20 Å². The number of carbonyl (C=O) groups is 1. The number of nitrogens with one attached hydrogen (secondary N) is 2. The van der Waals surface area contributed by atoms with Crippen LogP contribution in [-0.2, 0) is 6.42 Å². The summed E-state index contributed by atoms with van der Waals surface area (Å²) in [5.41, 5.74) is 0. The fourth-order valence-electron chi connectivity index (χ4n) is 1.66. The Hall–Kier alpha value is -1.14. The molecule has 0 spiro atoms. The van der Waals surface area contributed by atoms with Gasteiger partial charge >= 0.3 is 6.03 Å². The molecule has 0 bridgehead atoms. The second-order valence-electron chi connectivity index (χ2n) is 5.24. The Bertz CT molecular complexity index is 420. The van der Waals surface area contributed by atoms with E-state index in [0.717, 1.165) is 11.4 Å². The summed E-state index contributed by atoms with van der Waals surface area (Å²) in [5.74, 6) is 0.210. The zero-order valence-corrected chi connectivity index (χ0v) is 13.5. The smallest absolute Gasteiger partial charge is 0.315 e. The van der Waals surface area contributed by atoms with Gasteiger partial charge in [0, 0.05) is 17.6 Å². The van der Waals surface area contributed by atoms with E-state index in [4.69, 9.17) is 0 Å². The maximum Gasteiger partial charge on any atom is 0.315 e. The molecule has 6 heteroatoms. The molecule has 0 fully saturated rings. The van der Waals surface area contributed by atoms with Crippen molar-refractivity contribution in [3.8, 4) is 0 Å². The molecule has 0 aliphatic rings. The number of aryl methyl sites for hydroxylation is 1. The molecule has 5 nitrogen and oxygen atoms in total. The van der Waals surface area contributed by atoms with Crippen molar-refractivity contribution in [3.63, 3.8) is 0 Å². The van der Waals surface area contributed by atoms with Crippen LogP contribution in [-0.4, -0.2) is 28.8 Å². The highest BCUT2D eigenvalue weighted by molar-refractivity contribution is 7.11. The first-order valence-electron chi connectivity index (χ1n) is 7.11. The number of aromatic nitrogens is 1. The zero-order chi connectivity index (χ0) is 15.1. The van der Waals surface area contributed by atoms with Crippen LogP contribution >= 0.6 is 11.3 Å². The minimum absolute atomic E-state index is 0.102. The predicted octanol–water partition coefficient (Wildman–Crippen LogP) is 2.47. The number of rotatable bonds is 7. The number of carbonyl (C=O) groups excluding carboxylic acids is 1. The second-order valence-corrected chi connectivity index (χ2v) is 6.39. The quantitative estimate of drug-likeness (QED) is 0.724. The fourth-order valence-corrected chi connectivity index (χ4v) is 2.52. The number of aliphatic hydroxyl groups excluding tert-OH is 1. The highest BCUT2D eigenvalue weighted by Gasteiger charge is 2.14. The number of aliphatic hydroxyl groups is 1. The van der Waals surface area contributed by atoms with Crippen molar-refractivity contribution in [2.24, 2.45) is 5.92 Å². The van der Waals surface area contributed by atoms with Gasteiger partial charge in [-0.3, -0.25) is 0 Å². The SMILES string of the molecule is CCc1cnc(C(C)NC(=O)NCCC(O)C(C)C)s1. The lowest BCUT2D eigenvalue weighted by atomic mass is 10.0. The van der Waals surface area contributed by atoms with E-state index in [2.05, 4.69) is 22.5 Å². The minimum atomic E-state index is -0.376. The van der Waals surface area contributed by atoms with E-state index < -0.39 is 0 Å². The molecule has 1 rings (SSSR count). The molecule has 0 radical (unpaired) electrons. The maximum absolute atomic E-state index is 11.7. The normalized spacial score (nSPS) is 14.1. The predicted molar refractivity (Wildman–Crippen MR) is 81.9 cm³/mol. The van der Waals surface area contributed by atoms with Crippen LogP contribution in [0.25, 0.3) is 0 Å². The first kappa shape index (κ1) is 16.9. The van der Waals surface area contributed by atoms with Crippen LogP contribution < -0.4 is 10.6 Å². The number of thiazole rings is 1. The number of nitrogens with zero attached hydrogens (tertiary/aromatic N) is 1. The molecule has 2 atom stereocenters. The van der Waals surface area contributed by atoms with Crippen LogP contribution in [0, 0.1) is 5.92 Å². The average Bonchev–Trinajstić information content (AvgIpc) is 2.87. The summed E-state index contributed by atoms with van der Waals surface area (Å²) in [5, 5.41) is 16.2. The van der Waals surface area contributed by atoms with Crippen molar-refractivity contribution in [1.29, 1.82) is 0 Å². The van der Waals surface area contributed by atoms with Crippen molar-refractivity contribution >= 4 is 17.4 Å². The van der Waals surface area contributed by atoms with Gasteiger partial charge in [0.05, 0.1) is 12.1 Å². The lowest BCUT2D eigenvalue weighted by Crippen LogP contribution is -2.38. The minimum Gasteiger partial charge on any atom is -0.393 e. The third-order valence-corrected chi connectivity index (χ3v) is 4.46. The van der Waals surface area contributed by atoms with Gasteiger partial charge < -0.3 is 15.7 Å². The van der Waals surface area contributed by atoms with Gasteiger partial charge in [-0.2, -0.15) is 0 Å². The van der Waals surface area contributed by atoms with Gasteiger partial charge in [-0.05, 0) is 25.7 Å². The van der Waals surface area contributed by atoms with E-state index in [1.165, 1.54) is 4.88 Å². The van der Waals surface area contributed by atoms with Gasteiger partial charge in [-0.15, -0.1) is 11.3 Å². The summed E-state index contributed by atoms with van der Waals surface area (Å²) >= 11 is 1.62. The molecule has 114 valence electrons. The molecule has 2 amide bonds. The van der Waals surface area contributed by atoms with Crippen molar-refractivity contribution in [2.75, 3.05) is 6.54 Å². The highest BCUT2D eigenvalue weighted by atomic mass is 32.1. The Kier molecular flexibility index (Phi) is 6.95. The van der Waals surface area contributed by atoms with Gasteiger partial charge in [0.15, 0.2) is 0 Å². The molecule has 0 aromatic carbocycles. The third kappa shape index (κ3) is 5.46. The van der Waals surface area contributed by atoms with Crippen LogP contribution in [0.5, 0.6) is 0 Å². The Morgan fingerprint density at radius 2 is 2.15 bits per heavy atom. The monoisotopic (exact) mass is 299 g/mol. The number of amides is 2. The van der Waals surface area contributed by atoms with Gasteiger partial charge in [-0.25, -0.2) is 9.78 Å². The Balaban J connectivity index is 2.31. The Morgan fingerprint density at radius 1 is 1.45 bits per heavy atom. The summed E-state index contributed by atoms with van der Waals surface area (Å²) < 4.78 is 0. The topological polar surface area (TPSA) is 74.2 Å². The van der Waals surface area contributed by atoms with E-state index in [0.29, 0.717) is 13.0 Å².